The van der Waals surface area contributed by atoms with E-state index in [1.54, 1.807) is 26.1 Å². The van der Waals surface area contributed by atoms with Gasteiger partial charge < -0.3 is 9.64 Å². The van der Waals surface area contributed by atoms with E-state index in [1.807, 2.05) is 6.07 Å². The van der Waals surface area contributed by atoms with Gasteiger partial charge in [-0.2, -0.15) is 0 Å². The van der Waals surface area contributed by atoms with E-state index >= 15 is 0 Å². The molecule has 1 aliphatic carbocycles. The Hall–Kier alpha value is -2.51. The number of morpholine rings is 1. The van der Waals surface area contributed by atoms with Crippen LogP contribution in [0.4, 0.5) is 10.2 Å². The van der Waals surface area contributed by atoms with Crippen molar-refractivity contribution in [2.45, 2.75) is 38.9 Å². The molecule has 2 fully saturated rings. The summed E-state index contributed by atoms with van der Waals surface area (Å²) in [6.07, 6.45) is 2.60. The largest absolute Gasteiger partial charge is 0.371 e. The predicted molar refractivity (Wildman–Crippen MR) is 119 cm³/mol. The van der Waals surface area contributed by atoms with Crippen LogP contribution in [0.5, 0.6) is 0 Å². The van der Waals surface area contributed by atoms with Gasteiger partial charge in [0.2, 0.25) is 0 Å². The monoisotopic (exact) mass is 442 g/mol. The van der Waals surface area contributed by atoms with Crippen LogP contribution in [0.2, 0.25) is 5.02 Å². The van der Waals surface area contributed by atoms with Crippen molar-refractivity contribution in [2.24, 2.45) is 13.0 Å². The van der Waals surface area contributed by atoms with E-state index in [0.29, 0.717) is 35.0 Å². The molecule has 0 bridgehead atoms. The van der Waals surface area contributed by atoms with E-state index in [2.05, 4.69) is 16.8 Å². The zero-order valence-corrected chi connectivity index (χ0v) is 18.5. The minimum absolute atomic E-state index is 0.0610. The molecule has 0 unspecified atom stereocenters. The first kappa shape index (κ1) is 20.4. The summed E-state index contributed by atoms with van der Waals surface area (Å²) in [5.41, 5.74) is 0.783. The molecular weight excluding hydrogens is 419 g/mol. The van der Waals surface area contributed by atoms with Gasteiger partial charge in [0.25, 0.3) is 5.56 Å². The highest BCUT2D eigenvalue weighted by atomic mass is 35.5. The lowest BCUT2D eigenvalue weighted by Gasteiger charge is -2.38. The lowest BCUT2D eigenvalue weighted by atomic mass is 10.1. The van der Waals surface area contributed by atoms with Gasteiger partial charge in [-0.3, -0.25) is 9.36 Å². The summed E-state index contributed by atoms with van der Waals surface area (Å²) >= 11 is 5.96. The predicted octanol–water partition coefficient (Wildman–Crippen LogP) is 4.10. The van der Waals surface area contributed by atoms with Crippen LogP contribution in [0.15, 0.2) is 29.1 Å². The zero-order valence-electron chi connectivity index (χ0n) is 17.7. The molecule has 0 spiro atoms. The molecule has 2 aromatic heterocycles. The standard InChI is InChI=1S/C23H24ClFN4O2/c1-12-10-29(11-19(31-12)14-4-5-14)20-9-18-21(23(30)28(3)13(2)26-18)22(27-20)16-7-6-15(24)8-17(16)25/h6-9,12,14,19H,4-5,10-11H2,1-3H3/t12-,19+/m1/s1. The number of fused-ring (bicyclic) bond motifs is 1. The molecule has 1 saturated heterocycles. The van der Waals surface area contributed by atoms with E-state index in [9.17, 15) is 9.18 Å². The number of ether oxygens (including phenoxy) is 1. The number of aryl methyl sites for hydroxylation is 1. The minimum atomic E-state index is -0.521. The maximum Gasteiger partial charge on any atom is 0.263 e. The summed E-state index contributed by atoms with van der Waals surface area (Å²) in [5.74, 6) is 1.33. The molecule has 1 aromatic carbocycles. The topological polar surface area (TPSA) is 60.2 Å². The molecule has 0 amide bonds. The van der Waals surface area contributed by atoms with Gasteiger partial charge in [0.15, 0.2) is 0 Å². The van der Waals surface area contributed by atoms with Crippen LogP contribution in [-0.4, -0.2) is 39.8 Å². The molecule has 0 N–H and O–H groups in total. The second-order valence-corrected chi connectivity index (χ2v) is 9.03. The first-order valence-corrected chi connectivity index (χ1v) is 10.9. The lowest BCUT2D eigenvalue weighted by molar-refractivity contribution is -0.0273. The fraction of sp³-hybridized carbons (Fsp3) is 0.435. The summed E-state index contributed by atoms with van der Waals surface area (Å²) in [4.78, 5) is 24.7. The number of rotatable bonds is 3. The van der Waals surface area contributed by atoms with Gasteiger partial charge in [0.05, 0.1) is 28.8 Å². The number of benzene rings is 1. The maximum absolute atomic E-state index is 14.9. The van der Waals surface area contributed by atoms with Crippen LogP contribution in [0.25, 0.3) is 22.2 Å². The Morgan fingerprint density at radius 2 is 1.97 bits per heavy atom. The van der Waals surface area contributed by atoms with Crippen LogP contribution < -0.4 is 10.5 Å². The number of hydrogen-bond acceptors (Lipinski definition) is 5. The SMILES string of the molecule is Cc1nc2cc(N3C[C@@H](C)O[C@H](C4CC4)C3)nc(-c3ccc(Cl)cc3F)c2c(=O)n1C. The van der Waals surface area contributed by atoms with Crippen molar-refractivity contribution < 1.29 is 9.13 Å². The van der Waals surface area contributed by atoms with Crippen molar-refractivity contribution in [1.82, 2.24) is 14.5 Å². The molecule has 8 heteroatoms. The number of nitrogens with zero attached hydrogens (tertiary/aromatic N) is 4. The van der Waals surface area contributed by atoms with Crippen molar-refractivity contribution in [3.63, 3.8) is 0 Å². The maximum atomic E-state index is 14.9. The van der Waals surface area contributed by atoms with Crippen molar-refractivity contribution in [3.05, 3.63) is 51.3 Å². The highest BCUT2D eigenvalue weighted by Gasteiger charge is 2.38. The van der Waals surface area contributed by atoms with Gasteiger partial charge in [0, 0.05) is 36.8 Å². The Labute approximate surface area is 184 Å². The third-order valence-corrected chi connectivity index (χ3v) is 6.45. The summed E-state index contributed by atoms with van der Waals surface area (Å²) in [5, 5.41) is 0.594. The highest BCUT2D eigenvalue weighted by Crippen LogP contribution is 2.38. The molecule has 1 saturated carbocycles. The summed E-state index contributed by atoms with van der Waals surface area (Å²) in [6, 6.07) is 6.25. The Morgan fingerprint density at radius 1 is 1.19 bits per heavy atom. The minimum Gasteiger partial charge on any atom is -0.371 e. The molecule has 2 atom stereocenters. The number of pyridine rings is 1. The smallest absolute Gasteiger partial charge is 0.263 e. The third-order valence-electron chi connectivity index (χ3n) is 6.21. The second-order valence-electron chi connectivity index (χ2n) is 8.60. The Bertz CT molecular complexity index is 1240. The van der Waals surface area contributed by atoms with Crippen LogP contribution in [0.1, 0.15) is 25.6 Å². The van der Waals surface area contributed by atoms with E-state index in [0.717, 1.165) is 6.54 Å². The molecular formula is C23H24ClFN4O2. The van der Waals surface area contributed by atoms with Gasteiger partial charge in [-0.1, -0.05) is 11.6 Å². The van der Waals surface area contributed by atoms with Gasteiger partial charge in [-0.25, -0.2) is 14.4 Å². The average Bonchev–Trinajstić information content (AvgIpc) is 3.56. The first-order chi connectivity index (χ1) is 14.8. The number of anilines is 1. The highest BCUT2D eigenvalue weighted by molar-refractivity contribution is 6.30. The van der Waals surface area contributed by atoms with Crippen LogP contribution >= 0.6 is 11.6 Å². The molecule has 6 nitrogen and oxygen atoms in total. The number of aromatic nitrogens is 3. The fourth-order valence-electron chi connectivity index (χ4n) is 4.32. The van der Waals surface area contributed by atoms with Gasteiger partial charge in [-0.05, 0) is 50.8 Å². The molecule has 2 aliphatic rings. The third kappa shape index (κ3) is 3.70. The van der Waals surface area contributed by atoms with Gasteiger partial charge in [-0.15, -0.1) is 0 Å². The van der Waals surface area contributed by atoms with Crippen molar-refractivity contribution >= 4 is 28.3 Å². The Morgan fingerprint density at radius 3 is 2.68 bits per heavy atom. The van der Waals surface area contributed by atoms with Gasteiger partial charge >= 0.3 is 0 Å². The first-order valence-electron chi connectivity index (χ1n) is 10.6. The molecule has 0 radical (unpaired) electrons. The van der Waals surface area contributed by atoms with Crippen molar-refractivity contribution in [2.75, 3.05) is 18.0 Å². The van der Waals surface area contributed by atoms with Crippen LogP contribution in [0, 0.1) is 18.7 Å². The molecule has 31 heavy (non-hydrogen) atoms. The van der Waals surface area contributed by atoms with Crippen LogP contribution in [-0.2, 0) is 11.8 Å². The van der Waals surface area contributed by atoms with Crippen LogP contribution in [0.3, 0.4) is 0 Å². The number of hydrogen-bond donors (Lipinski definition) is 0. The molecule has 3 aromatic rings. The summed E-state index contributed by atoms with van der Waals surface area (Å²) in [6.45, 7) is 5.23. The fourth-order valence-corrected chi connectivity index (χ4v) is 4.48. The summed E-state index contributed by atoms with van der Waals surface area (Å²) < 4.78 is 22.5. The quantitative estimate of drug-likeness (QED) is 0.611. The summed E-state index contributed by atoms with van der Waals surface area (Å²) in [7, 11) is 1.66. The zero-order chi connectivity index (χ0) is 21.9. The Balaban J connectivity index is 1.72. The molecule has 5 rings (SSSR count). The average molecular weight is 443 g/mol. The van der Waals surface area contributed by atoms with Gasteiger partial charge in [0.1, 0.15) is 17.5 Å². The van der Waals surface area contributed by atoms with E-state index in [4.69, 9.17) is 21.3 Å². The molecule has 1 aliphatic heterocycles. The number of halogens is 2. The van der Waals surface area contributed by atoms with E-state index in [-0.39, 0.29) is 34.0 Å². The lowest BCUT2D eigenvalue weighted by Crippen LogP contribution is -2.48. The molecule has 3 heterocycles. The molecule has 162 valence electrons. The van der Waals surface area contributed by atoms with E-state index < -0.39 is 5.82 Å². The van der Waals surface area contributed by atoms with Crippen molar-refractivity contribution in [1.29, 1.82) is 0 Å². The van der Waals surface area contributed by atoms with Crippen molar-refractivity contribution in [3.8, 4) is 11.3 Å². The Kier molecular flexibility index (Phi) is 4.98. The second kappa shape index (κ2) is 7.57. The normalized spacial score (nSPS) is 21.6. The van der Waals surface area contributed by atoms with E-state index in [1.165, 1.54) is 23.5 Å².